The van der Waals surface area contributed by atoms with E-state index >= 15 is 0 Å². The Morgan fingerprint density at radius 1 is 0.436 bits per heavy atom. The third-order valence-electron chi connectivity index (χ3n) is 5.11. The smallest absolute Gasteiger partial charge is 0.358 e. The molecule has 39 heavy (non-hydrogen) atoms. The Labute approximate surface area is 256 Å². The summed E-state index contributed by atoms with van der Waals surface area (Å²) in [4.78, 5) is 0. The molecule has 4 aromatic carbocycles. The maximum absolute atomic E-state index is 3.56. The van der Waals surface area contributed by atoms with Crippen molar-refractivity contribution in [3.63, 3.8) is 0 Å². The fourth-order valence-corrected chi connectivity index (χ4v) is 9.92. The zero-order valence-corrected chi connectivity index (χ0v) is 28.5. The minimum absolute atomic E-state index is 0. The Bertz CT molecular complexity index is 962. The molecule has 0 aliphatic carbocycles. The van der Waals surface area contributed by atoms with Crippen molar-refractivity contribution in [2.75, 3.05) is 12.3 Å². The van der Waals surface area contributed by atoms with E-state index in [9.17, 15) is 0 Å². The molecule has 0 bridgehead atoms. The Balaban J connectivity index is 0. The fourth-order valence-electron chi connectivity index (χ4n) is 3.72. The van der Waals surface area contributed by atoms with E-state index < -0.39 is 15.8 Å². The first-order chi connectivity index (χ1) is 17.4. The summed E-state index contributed by atoms with van der Waals surface area (Å²) in [5, 5.41) is 6.06. The summed E-state index contributed by atoms with van der Waals surface area (Å²) in [6.45, 7) is 15.0. The topological polar surface area (TPSA) is 0 Å². The van der Waals surface area contributed by atoms with Gasteiger partial charge in [0.2, 0.25) is 0 Å². The summed E-state index contributed by atoms with van der Waals surface area (Å²) in [6, 6.07) is 44.5. The number of rotatable bonds is 7. The standard InChI is InChI=1S/C26H24P2.2C4H8.2CH3.Ru/c1-5-13-23(14-6-1)27(24-15-7-2-8-16-24)21-22-28(25-17-9-3-10-18-25)26-19-11-4-12-20-26;2*1-4(2)3;;;/h1-20H,21-22H2;2*1H2,2-3H3;2*1H3;/q;;;2*-1;+2/p+2. The van der Waals surface area contributed by atoms with Gasteiger partial charge in [0.05, 0.1) is 37.1 Å². The van der Waals surface area contributed by atoms with Crippen LogP contribution in [0.1, 0.15) is 27.7 Å². The van der Waals surface area contributed by atoms with Crippen molar-refractivity contribution in [3.8, 4) is 0 Å². The molecule has 0 heterocycles. The normalized spacial score (nSPS) is 9.28. The van der Waals surface area contributed by atoms with Crippen LogP contribution in [-0.2, 0) is 19.5 Å². The van der Waals surface area contributed by atoms with Crippen LogP contribution in [-0.4, -0.2) is 12.3 Å². The van der Waals surface area contributed by atoms with Crippen LogP contribution in [0.2, 0.25) is 0 Å². The zero-order chi connectivity index (χ0) is 26.2. The minimum atomic E-state index is -0.783. The molecule has 208 valence electrons. The van der Waals surface area contributed by atoms with Crippen LogP contribution in [0.15, 0.2) is 146 Å². The van der Waals surface area contributed by atoms with Gasteiger partial charge >= 0.3 is 19.5 Å². The van der Waals surface area contributed by atoms with Crippen LogP contribution in [0.25, 0.3) is 0 Å². The van der Waals surface area contributed by atoms with E-state index in [1.54, 1.807) is 0 Å². The number of benzene rings is 4. The molecule has 0 fully saturated rings. The van der Waals surface area contributed by atoms with Gasteiger partial charge in [-0.3, -0.25) is 0 Å². The first-order valence-corrected chi connectivity index (χ1v) is 16.0. The third kappa shape index (κ3) is 15.9. The molecule has 0 spiro atoms. The summed E-state index contributed by atoms with van der Waals surface area (Å²) in [7, 11) is -1.57. The predicted octanol–water partition coefficient (Wildman–Crippen LogP) is 8.78. The summed E-state index contributed by atoms with van der Waals surface area (Å²) in [5.74, 6) is 0. The molecule has 0 N–H and O–H groups in total. The molecule has 0 nitrogen and oxygen atoms in total. The molecular formula is C36H48P2Ru+2. The maximum atomic E-state index is 3.56. The van der Waals surface area contributed by atoms with Crippen molar-refractivity contribution in [3.05, 3.63) is 160 Å². The molecule has 0 saturated heterocycles. The first kappa shape index (κ1) is 39.0. The molecular weight excluding hydrogens is 595 g/mol. The molecule has 0 aliphatic rings. The van der Waals surface area contributed by atoms with Gasteiger partial charge in [-0.1, -0.05) is 83.9 Å². The Kier molecular flexibility index (Phi) is 22.6. The monoisotopic (exact) mass is 644 g/mol. The van der Waals surface area contributed by atoms with Crippen LogP contribution >= 0.6 is 15.8 Å². The molecule has 3 heteroatoms. The van der Waals surface area contributed by atoms with E-state index in [2.05, 4.69) is 134 Å². The van der Waals surface area contributed by atoms with Crippen molar-refractivity contribution in [2.45, 2.75) is 27.7 Å². The molecule has 0 unspecified atom stereocenters. The van der Waals surface area contributed by atoms with Crippen LogP contribution in [0, 0.1) is 14.9 Å². The van der Waals surface area contributed by atoms with Crippen molar-refractivity contribution in [1.29, 1.82) is 0 Å². The van der Waals surface area contributed by atoms with Gasteiger partial charge in [0.25, 0.3) is 0 Å². The molecule has 4 aromatic rings. The van der Waals surface area contributed by atoms with E-state index in [1.807, 2.05) is 27.7 Å². The summed E-state index contributed by atoms with van der Waals surface area (Å²) in [5.41, 5.74) is 2.33. The van der Waals surface area contributed by atoms with Crippen LogP contribution in [0.4, 0.5) is 0 Å². The van der Waals surface area contributed by atoms with Gasteiger partial charge in [0.15, 0.2) is 0 Å². The van der Waals surface area contributed by atoms with Gasteiger partial charge in [-0.25, -0.2) is 0 Å². The van der Waals surface area contributed by atoms with E-state index in [0.29, 0.717) is 0 Å². The Morgan fingerprint density at radius 2 is 0.590 bits per heavy atom. The molecule has 0 aromatic heterocycles. The number of hydrogen-bond acceptors (Lipinski definition) is 0. The predicted molar refractivity (Wildman–Crippen MR) is 184 cm³/mol. The van der Waals surface area contributed by atoms with E-state index in [1.165, 1.54) is 44.7 Å². The summed E-state index contributed by atoms with van der Waals surface area (Å²) < 4.78 is 0. The van der Waals surface area contributed by atoms with Crippen LogP contribution in [0.3, 0.4) is 0 Å². The number of allylic oxidation sites excluding steroid dienone is 2. The van der Waals surface area contributed by atoms with Crippen molar-refractivity contribution in [2.24, 2.45) is 0 Å². The molecule has 0 amide bonds. The van der Waals surface area contributed by atoms with Crippen molar-refractivity contribution >= 4 is 37.1 Å². The first-order valence-electron chi connectivity index (χ1n) is 12.6. The Hall–Kier alpha value is -2.16. The van der Waals surface area contributed by atoms with Gasteiger partial charge in [-0.05, 0) is 76.2 Å². The molecule has 4 rings (SSSR count). The van der Waals surface area contributed by atoms with Crippen LogP contribution in [0.5, 0.6) is 0 Å². The average Bonchev–Trinajstić information content (AvgIpc) is 2.88. The summed E-state index contributed by atoms with van der Waals surface area (Å²) >= 11 is 0. The molecule has 0 saturated carbocycles. The second-order valence-electron chi connectivity index (χ2n) is 9.34. The largest absolute Gasteiger partial charge is 2.00 e. The second kappa shape index (κ2) is 22.6. The quantitative estimate of drug-likeness (QED) is 0.0818. The Morgan fingerprint density at radius 3 is 0.744 bits per heavy atom. The van der Waals surface area contributed by atoms with E-state index in [-0.39, 0.29) is 34.3 Å². The van der Waals surface area contributed by atoms with Gasteiger partial charge in [0, 0.05) is 0 Å². The van der Waals surface area contributed by atoms with Gasteiger partial charge in [-0.15, -0.1) is 13.2 Å². The summed E-state index contributed by atoms with van der Waals surface area (Å²) in [6.07, 6.45) is 2.52. The van der Waals surface area contributed by atoms with Gasteiger partial charge in [-0.2, -0.15) is 0 Å². The van der Waals surface area contributed by atoms with Crippen LogP contribution < -0.4 is 21.2 Å². The van der Waals surface area contributed by atoms with E-state index in [0.717, 1.165) is 0 Å². The maximum Gasteiger partial charge on any atom is 2.00 e. The minimum Gasteiger partial charge on any atom is -0.358 e. The molecule has 0 aliphatic heterocycles. The third-order valence-corrected chi connectivity index (χ3v) is 11.2. The van der Waals surface area contributed by atoms with Crippen molar-refractivity contribution < 1.29 is 19.5 Å². The van der Waals surface area contributed by atoms with Crippen molar-refractivity contribution in [1.82, 2.24) is 0 Å². The van der Waals surface area contributed by atoms with Gasteiger partial charge < -0.3 is 14.9 Å². The number of hydrogen-bond donors (Lipinski definition) is 0. The SMILES string of the molecule is C=C(C)C.C=C(C)C.[CH3-].[CH3-].[Ru+2].c1ccc([PH+](CC[PH+](c2ccccc2)c2ccccc2)c2ccccc2)cc1. The zero-order valence-electron chi connectivity index (χ0n) is 24.7. The molecule has 0 atom stereocenters. The molecule has 0 radical (unpaired) electrons. The van der Waals surface area contributed by atoms with E-state index in [4.69, 9.17) is 0 Å². The fraction of sp³-hybridized carbons (Fsp3) is 0.167. The van der Waals surface area contributed by atoms with Gasteiger partial charge in [0.1, 0.15) is 12.3 Å². The average molecular weight is 644 g/mol. The second-order valence-corrected chi connectivity index (χ2v) is 14.6.